The number of ether oxygens (including phenoxy) is 1. The Kier molecular flexibility index (Phi) is 7.58. The third-order valence-corrected chi connectivity index (χ3v) is 4.83. The highest BCUT2D eigenvalue weighted by Gasteiger charge is 2.04. The largest absolute Gasteiger partial charge is 0.452 e. The molecule has 1 heterocycles. The van der Waals surface area contributed by atoms with E-state index in [4.69, 9.17) is 4.74 Å². The number of esters is 1. The number of hydrogen-bond acceptors (Lipinski definition) is 5. The van der Waals surface area contributed by atoms with Gasteiger partial charge in [-0.1, -0.05) is 18.2 Å². The molecule has 0 aliphatic rings. The summed E-state index contributed by atoms with van der Waals surface area (Å²) in [6.45, 7) is 0.271. The lowest BCUT2D eigenvalue weighted by molar-refractivity contribution is -0.143. The van der Waals surface area contributed by atoms with Gasteiger partial charge in [-0.3, -0.25) is 4.79 Å². The van der Waals surface area contributed by atoms with Gasteiger partial charge in [0.05, 0.1) is 0 Å². The zero-order valence-electron chi connectivity index (χ0n) is 13.4. The number of amides is 1. The summed E-state index contributed by atoms with van der Waals surface area (Å²) < 4.78 is 4.92. The minimum absolute atomic E-state index is 0.265. The van der Waals surface area contributed by atoms with Crippen molar-refractivity contribution < 1.29 is 14.3 Å². The van der Waals surface area contributed by atoms with Crippen molar-refractivity contribution in [2.75, 3.05) is 19.4 Å². The van der Waals surface area contributed by atoms with E-state index in [1.165, 1.54) is 11.0 Å². The van der Waals surface area contributed by atoms with Crippen molar-refractivity contribution in [1.82, 2.24) is 5.32 Å². The minimum Gasteiger partial charge on any atom is -0.452 e. The highest BCUT2D eigenvalue weighted by atomic mass is 32.2. The van der Waals surface area contributed by atoms with Gasteiger partial charge in [-0.25, -0.2) is 4.79 Å². The van der Waals surface area contributed by atoms with Crippen molar-refractivity contribution in [3.05, 3.63) is 58.3 Å². The molecule has 126 valence electrons. The molecule has 0 unspecified atom stereocenters. The first-order chi connectivity index (χ1) is 11.7. The monoisotopic (exact) mass is 361 g/mol. The molecule has 0 saturated carbocycles. The molecule has 1 aromatic heterocycles. The molecule has 24 heavy (non-hydrogen) atoms. The lowest BCUT2D eigenvalue weighted by atomic mass is 10.2. The van der Waals surface area contributed by atoms with Crippen LogP contribution < -0.4 is 5.32 Å². The Morgan fingerprint density at radius 1 is 1.25 bits per heavy atom. The second-order valence-electron chi connectivity index (χ2n) is 4.89. The number of nitrogens with one attached hydrogen (secondary N) is 1. The molecule has 1 aromatic carbocycles. The Labute approximate surface area is 149 Å². The summed E-state index contributed by atoms with van der Waals surface area (Å²) in [4.78, 5) is 25.6. The maximum absolute atomic E-state index is 11.6. The van der Waals surface area contributed by atoms with Crippen LogP contribution in [-0.2, 0) is 20.7 Å². The summed E-state index contributed by atoms with van der Waals surface area (Å²) in [5, 5.41) is 4.73. The summed E-state index contributed by atoms with van der Waals surface area (Å²) in [5.74, 6) is -0.824. The molecule has 2 aromatic rings. The van der Waals surface area contributed by atoms with Crippen LogP contribution in [0.4, 0.5) is 0 Å². The van der Waals surface area contributed by atoms with Gasteiger partial charge in [0.25, 0.3) is 5.91 Å². The normalized spacial score (nSPS) is 10.7. The average molecular weight is 361 g/mol. The maximum atomic E-state index is 11.6. The Morgan fingerprint density at radius 3 is 2.71 bits per heavy atom. The molecule has 0 bridgehead atoms. The van der Waals surface area contributed by atoms with Crippen molar-refractivity contribution in [2.45, 2.75) is 11.3 Å². The first-order valence-electron chi connectivity index (χ1n) is 7.45. The zero-order valence-corrected chi connectivity index (χ0v) is 15.0. The van der Waals surface area contributed by atoms with E-state index in [0.717, 1.165) is 16.9 Å². The number of rotatable bonds is 8. The van der Waals surface area contributed by atoms with Crippen LogP contribution >= 0.6 is 23.1 Å². The van der Waals surface area contributed by atoms with Crippen LogP contribution in [0, 0.1) is 0 Å². The topological polar surface area (TPSA) is 55.4 Å². The van der Waals surface area contributed by atoms with Gasteiger partial charge in [-0.05, 0) is 47.9 Å². The Hall–Kier alpha value is -2.05. The van der Waals surface area contributed by atoms with Gasteiger partial charge in [0.2, 0.25) is 0 Å². The van der Waals surface area contributed by atoms with Crippen LogP contribution in [-0.4, -0.2) is 31.3 Å². The number of hydrogen-bond donors (Lipinski definition) is 1. The van der Waals surface area contributed by atoms with E-state index in [0.29, 0.717) is 6.54 Å². The predicted octanol–water partition coefficient (Wildman–Crippen LogP) is 3.39. The van der Waals surface area contributed by atoms with Gasteiger partial charge >= 0.3 is 5.97 Å². The fourth-order valence-electron chi connectivity index (χ4n) is 1.90. The average Bonchev–Trinajstić information content (AvgIpc) is 3.12. The summed E-state index contributed by atoms with van der Waals surface area (Å²) in [6, 6.07) is 11.8. The Bertz CT molecular complexity index is 679. The van der Waals surface area contributed by atoms with E-state index in [2.05, 4.69) is 5.32 Å². The summed E-state index contributed by atoms with van der Waals surface area (Å²) >= 11 is 3.31. The smallest absolute Gasteiger partial charge is 0.331 e. The zero-order chi connectivity index (χ0) is 17.2. The lowest BCUT2D eigenvalue weighted by Crippen LogP contribution is -2.30. The quantitative estimate of drug-likeness (QED) is 0.445. The third kappa shape index (κ3) is 6.60. The van der Waals surface area contributed by atoms with Gasteiger partial charge in [-0.2, -0.15) is 0 Å². The standard InChI is InChI=1S/C18H19NO3S2/c1-23-15-7-4-14(5-8-15)6-9-18(21)22-13-17(20)19-11-10-16-3-2-12-24-16/h2-9,12H,10-11,13H2,1H3,(H,19,20)/b9-6+. The highest BCUT2D eigenvalue weighted by molar-refractivity contribution is 7.98. The summed E-state index contributed by atoms with van der Waals surface area (Å²) in [7, 11) is 0. The Balaban J connectivity index is 1.66. The maximum Gasteiger partial charge on any atom is 0.331 e. The molecule has 0 saturated heterocycles. The molecule has 0 spiro atoms. The van der Waals surface area contributed by atoms with E-state index in [1.54, 1.807) is 29.2 Å². The van der Waals surface area contributed by atoms with Crippen LogP contribution in [0.1, 0.15) is 10.4 Å². The predicted molar refractivity (Wildman–Crippen MR) is 99.2 cm³/mol. The summed E-state index contributed by atoms with van der Waals surface area (Å²) in [5.41, 5.74) is 0.908. The van der Waals surface area contributed by atoms with Gasteiger partial charge in [-0.15, -0.1) is 23.1 Å². The van der Waals surface area contributed by atoms with E-state index in [9.17, 15) is 9.59 Å². The third-order valence-electron chi connectivity index (χ3n) is 3.15. The number of carbonyl (C=O) groups excluding carboxylic acids is 2. The molecule has 0 fully saturated rings. The van der Waals surface area contributed by atoms with Crippen LogP contribution in [0.15, 0.2) is 52.7 Å². The van der Waals surface area contributed by atoms with Crippen molar-refractivity contribution in [3.8, 4) is 0 Å². The van der Waals surface area contributed by atoms with E-state index in [-0.39, 0.29) is 12.5 Å². The molecular weight excluding hydrogens is 342 g/mol. The second-order valence-corrected chi connectivity index (χ2v) is 6.81. The fraction of sp³-hybridized carbons (Fsp3) is 0.222. The van der Waals surface area contributed by atoms with Crippen molar-refractivity contribution >= 4 is 41.1 Å². The van der Waals surface area contributed by atoms with Gasteiger partial charge in [0.15, 0.2) is 6.61 Å². The number of carbonyl (C=O) groups is 2. The molecule has 4 nitrogen and oxygen atoms in total. The molecule has 6 heteroatoms. The summed E-state index contributed by atoms with van der Waals surface area (Å²) in [6.07, 6.45) is 5.78. The van der Waals surface area contributed by atoms with Gasteiger partial charge in [0, 0.05) is 22.4 Å². The van der Waals surface area contributed by atoms with Crippen LogP contribution in [0.3, 0.4) is 0 Å². The molecular formula is C18H19NO3S2. The number of benzene rings is 1. The van der Waals surface area contributed by atoms with Crippen molar-refractivity contribution in [3.63, 3.8) is 0 Å². The SMILES string of the molecule is CSc1ccc(/C=C/C(=O)OCC(=O)NCCc2cccs2)cc1. The molecule has 0 aliphatic heterocycles. The van der Waals surface area contributed by atoms with E-state index >= 15 is 0 Å². The highest BCUT2D eigenvalue weighted by Crippen LogP contribution is 2.15. The number of thioether (sulfide) groups is 1. The first kappa shape index (κ1) is 18.3. The lowest BCUT2D eigenvalue weighted by Gasteiger charge is -2.04. The van der Waals surface area contributed by atoms with Gasteiger partial charge in [0.1, 0.15) is 0 Å². The van der Waals surface area contributed by atoms with E-state index < -0.39 is 5.97 Å². The molecule has 0 radical (unpaired) electrons. The van der Waals surface area contributed by atoms with Crippen molar-refractivity contribution in [1.29, 1.82) is 0 Å². The van der Waals surface area contributed by atoms with Crippen LogP contribution in [0.5, 0.6) is 0 Å². The molecule has 0 aliphatic carbocycles. The van der Waals surface area contributed by atoms with Crippen LogP contribution in [0.2, 0.25) is 0 Å². The molecule has 1 N–H and O–H groups in total. The molecule has 0 atom stereocenters. The minimum atomic E-state index is -0.530. The van der Waals surface area contributed by atoms with E-state index in [1.807, 2.05) is 48.0 Å². The second kappa shape index (κ2) is 9.95. The Morgan fingerprint density at radius 2 is 2.04 bits per heavy atom. The van der Waals surface area contributed by atoms with Crippen LogP contribution in [0.25, 0.3) is 6.08 Å². The fourth-order valence-corrected chi connectivity index (χ4v) is 3.01. The molecule has 1 amide bonds. The first-order valence-corrected chi connectivity index (χ1v) is 9.56. The number of thiophene rings is 1. The molecule has 2 rings (SSSR count). The van der Waals surface area contributed by atoms with Crippen molar-refractivity contribution in [2.24, 2.45) is 0 Å². The van der Waals surface area contributed by atoms with Gasteiger partial charge < -0.3 is 10.1 Å².